The van der Waals surface area contributed by atoms with E-state index in [-0.39, 0.29) is 11.5 Å². The fourth-order valence-corrected chi connectivity index (χ4v) is 1.94. The summed E-state index contributed by atoms with van der Waals surface area (Å²) in [6.45, 7) is 0. The van der Waals surface area contributed by atoms with E-state index in [1.807, 2.05) is 24.3 Å². The van der Waals surface area contributed by atoms with Crippen LogP contribution in [0.4, 0.5) is 4.39 Å². The molecule has 0 aliphatic heterocycles. The lowest BCUT2D eigenvalue weighted by molar-refractivity contribution is 0.627. The molecule has 0 atom stereocenters. The Morgan fingerprint density at radius 2 is 2.05 bits per heavy atom. The molecule has 3 rings (SSSR count). The Hall–Kier alpha value is -3.00. The number of para-hydroxylation sites is 1. The highest BCUT2D eigenvalue weighted by Crippen LogP contribution is 2.17. The van der Waals surface area contributed by atoms with E-state index in [9.17, 15) is 9.65 Å². The summed E-state index contributed by atoms with van der Waals surface area (Å²) < 4.78 is 14.6. The molecule has 0 unspecified atom stereocenters. The summed E-state index contributed by atoms with van der Waals surface area (Å²) in [5.41, 5.74) is 2.31. The van der Waals surface area contributed by atoms with Crippen LogP contribution in [0.5, 0.6) is 0 Å². The first-order chi connectivity index (χ1) is 9.78. The van der Waals surface area contributed by atoms with Crippen LogP contribution < -0.4 is 0 Å². The molecule has 4 nitrogen and oxygen atoms in total. The van der Waals surface area contributed by atoms with Gasteiger partial charge in [-0.05, 0) is 35.9 Å². The Kier molecular flexibility index (Phi) is 2.98. The molecule has 0 radical (unpaired) electrons. The molecule has 1 aromatic heterocycles. The molecule has 0 saturated carbocycles. The van der Waals surface area contributed by atoms with Gasteiger partial charge in [0.25, 0.3) is 0 Å². The average molecular weight is 264 g/mol. The molecule has 0 saturated heterocycles. The number of nitrogens with zero attached hydrogens (tertiary/aromatic N) is 4. The SMILES string of the molecule is N#C/C(=C\c1cccc(F)c1)n1nnc2ccccc21. The lowest BCUT2D eigenvalue weighted by Gasteiger charge is -2.00. The van der Waals surface area contributed by atoms with Crippen LogP contribution in [0.3, 0.4) is 0 Å². The lowest BCUT2D eigenvalue weighted by Crippen LogP contribution is -1.97. The minimum Gasteiger partial charge on any atom is -0.207 e. The number of nitriles is 1. The minimum absolute atomic E-state index is 0.282. The Morgan fingerprint density at radius 1 is 1.20 bits per heavy atom. The van der Waals surface area contributed by atoms with Crippen LogP contribution in [-0.2, 0) is 0 Å². The van der Waals surface area contributed by atoms with Gasteiger partial charge < -0.3 is 0 Å². The molecule has 0 fully saturated rings. The molecule has 0 amide bonds. The molecule has 0 spiro atoms. The summed E-state index contributed by atoms with van der Waals surface area (Å²) in [6.07, 6.45) is 1.57. The number of fused-ring (bicyclic) bond motifs is 1. The van der Waals surface area contributed by atoms with Crippen molar-refractivity contribution in [2.45, 2.75) is 0 Å². The molecular weight excluding hydrogens is 255 g/mol. The quantitative estimate of drug-likeness (QED) is 0.668. The van der Waals surface area contributed by atoms with E-state index in [4.69, 9.17) is 0 Å². The monoisotopic (exact) mass is 264 g/mol. The van der Waals surface area contributed by atoms with Crippen molar-refractivity contribution in [2.24, 2.45) is 0 Å². The second-order valence-corrected chi connectivity index (χ2v) is 4.19. The van der Waals surface area contributed by atoms with Crippen molar-refractivity contribution in [3.05, 3.63) is 59.9 Å². The molecule has 0 aliphatic rings. The number of hydrogen-bond donors (Lipinski definition) is 0. The molecule has 20 heavy (non-hydrogen) atoms. The van der Waals surface area contributed by atoms with E-state index in [1.54, 1.807) is 18.2 Å². The zero-order valence-electron chi connectivity index (χ0n) is 10.4. The van der Waals surface area contributed by atoms with Crippen LogP contribution in [-0.4, -0.2) is 15.0 Å². The Bertz CT molecular complexity index is 842. The third-order valence-corrected chi connectivity index (χ3v) is 2.85. The Morgan fingerprint density at radius 3 is 2.85 bits per heavy atom. The van der Waals surface area contributed by atoms with Gasteiger partial charge in [0, 0.05) is 0 Å². The molecule has 0 N–H and O–H groups in total. The summed E-state index contributed by atoms with van der Waals surface area (Å²) in [5.74, 6) is -0.348. The maximum Gasteiger partial charge on any atom is 0.145 e. The van der Waals surface area contributed by atoms with E-state index < -0.39 is 0 Å². The Balaban J connectivity index is 2.13. The standard InChI is InChI=1S/C15H9FN4/c16-12-5-3-4-11(8-12)9-13(10-17)20-15-7-2-1-6-14(15)18-19-20/h1-9H/b13-9+. The third-order valence-electron chi connectivity index (χ3n) is 2.85. The highest BCUT2D eigenvalue weighted by atomic mass is 19.1. The topological polar surface area (TPSA) is 54.5 Å². The largest absolute Gasteiger partial charge is 0.207 e. The first-order valence-corrected chi connectivity index (χ1v) is 5.96. The normalized spacial score (nSPS) is 11.5. The van der Waals surface area contributed by atoms with Crippen molar-refractivity contribution >= 4 is 22.8 Å². The number of rotatable bonds is 2. The second-order valence-electron chi connectivity index (χ2n) is 4.19. The summed E-state index contributed by atoms with van der Waals surface area (Å²) >= 11 is 0. The van der Waals surface area contributed by atoms with Crippen molar-refractivity contribution in [1.82, 2.24) is 15.0 Å². The fraction of sp³-hybridized carbons (Fsp3) is 0. The molecule has 1 heterocycles. The van der Waals surface area contributed by atoms with Gasteiger partial charge in [0.2, 0.25) is 0 Å². The van der Waals surface area contributed by atoms with Crippen molar-refractivity contribution in [3.8, 4) is 6.07 Å². The van der Waals surface area contributed by atoms with Crippen LogP contribution in [0.25, 0.3) is 22.8 Å². The molecule has 2 aromatic carbocycles. The zero-order chi connectivity index (χ0) is 13.9. The number of benzene rings is 2. The first-order valence-electron chi connectivity index (χ1n) is 5.96. The van der Waals surface area contributed by atoms with Gasteiger partial charge in [-0.15, -0.1) is 5.10 Å². The maximum atomic E-state index is 13.2. The van der Waals surface area contributed by atoms with Crippen LogP contribution in [0.1, 0.15) is 5.56 Å². The molecular formula is C15H9FN4. The minimum atomic E-state index is -0.348. The fourth-order valence-electron chi connectivity index (χ4n) is 1.94. The highest BCUT2D eigenvalue weighted by molar-refractivity contribution is 5.86. The van der Waals surface area contributed by atoms with E-state index in [0.29, 0.717) is 11.1 Å². The number of aromatic nitrogens is 3. The van der Waals surface area contributed by atoms with Crippen LogP contribution in [0, 0.1) is 17.1 Å². The molecule has 5 heteroatoms. The third kappa shape index (κ3) is 2.15. The van der Waals surface area contributed by atoms with Crippen molar-refractivity contribution < 1.29 is 4.39 Å². The zero-order valence-corrected chi connectivity index (χ0v) is 10.4. The second kappa shape index (κ2) is 4.94. The van der Waals surface area contributed by atoms with Crippen LogP contribution in [0.15, 0.2) is 48.5 Å². The van der Waals surface area contributed by atoms with Gasteiger partial charge in [0.1, 0.15) is 23.1 Å². The summed E-state index contributed by atoms with van der Waals surface area (Å²) in [6, 6.07) is 15.4. The average Bonchev–Trinajstić information content (AvgIpc) is 2.89. The lowest BCUT2D eigenvalue weighted by atomic mass is 10.2. The Labute approximate surface area is 114 Å². The van der Waals surface area contributed by atoms with Gasteiger partial charge in [0.15, 0.2) is 0 Å². The smallest absolute Gasteiger partial charge is 0.145 e. The molecule has 96 valence electrons. The number of halogens is 1. The maximum absolute atomic E-state index is 13.2. The van der Waals surface area contributed by atoms with E-state index in [1.165, 1.54) is 16.8 Å². The molecule has 0 bridgehead atoms. The van der Waals surface area contributed by atoms with Crippen LogP contribution >= 0.6 is 0 Å². The predicted octanol–water partition coefficient (Wildman–Crippen LogP) is 3.09. The summed E-state index contributed by atoms with van der Waals surface area (Å²) in [7, 11) is 0. The van der Waals surface area contributed by atoms with Gasteiger partial charge >= 0.3 is 0 Å². The van der Waals surface area contributed by atoms with Gasteiger partial charge in [0.05, 0.1) is 5.52 Å². The number of allylic oxidation sites excluding steroid dienone is 1. The molecule has 0 aliphatic carbocycles. The molecule has 3 aromatic rings. The summed E-state index contributed by atoms with van der Waals surface area (Å²) in [4.78, 5) is 0. The van der Waals surface area contributed by atoms with Gasteiger partial charge in [-0.3, -0.25) is 0 Å². The van der Waals surface area contributed by atoms with Gasteiger partial charge in [-0.1, -0.05) is 29.5 Å². The van der Waals surface area contributed by atoms with E-state index >= 15 is 0 Å². The predicted molar refractivity (Wildman–Crippen MR) is 73.7 cm³/mol. The van der Waals surface area contributed by atoms with Crippen molar-refractivity contribution in [2.75, 3.05) is 0 Å². The number of hydrogen-bond acceptors (Lipinski definition) is 3. The van der Waals surface area contributed by atoms with Gasteiger partial charge in [-0.2, -0.15) is 5.26 Å². The van der Waals surface area contributed by atoms with E-state index in [0.717, 1.165) is 5.52 Å². The van der Waals surface area contributed by atoms with Crippen molar-refractivity contribution in [1.29, 1.82) is 5.26 Å². The van der Waals surface area contributed by atoms with Gasteiger partial charge in [-0.25, -0.2) is 9.07 Å². The first kappa shape index (κ1) is 12.1. The van der Waals surface area contributed by atoms with Crippen LogP contribution in [0.2, 0.25) is 0 Å². The van der Waals surface area contributed by atoms with E-state index in [2.05, 4.69) is 16.4 Å². The summed E-state index contributed by atoms with van der Waals surface area (Å²) in [5, 5.41) is 17.2. The van der Waals surface area contributed by atoms with Crippen molar-refractivity contribution in [3.63, 3.8) is 0 Å². The highest BCUT2D eigenvalue weighted by Gasteiger charge is 2.08.